The van der Waals surface area contributed by atoms with E-state index in [1.165, 1.54) is 0 Å². The van der Waals surface area contributed by atoms with E-state index in [4.69, 9.17) is 5.11 Å². The molecular weight excluding hydrogens is 254 g/mol. The Balaban J connectivity index is 3.01. The number of carboxylic acid groups (broad SMARTS) is 1. The summed E-state index contributed by atoms with van der Waals surface area (Å²) in [5.74, 6) is -1.36. The minimum absolute atomic E-state index is 0.0660. The van der Waals surface area contributed by atoms with Crippen LogP contribution in [0.15, 0.2) is 12.3 Å². The van der Waals surface area contributed by atoms with E-state index in [2.05, 4.69) is 10.3 Å². The molecule has 104 valence electrons. The van der Waals surface area contributed by atoms with Gasteiger partial charge in [0.1, 0.15) is 0 Å². The van der Waals surface area contributed by atoms with E-state index >= 15 is 0 Å². The van der Waals surface area contributed by atoms with Gasteiger partial charge in [-0.1, -0.05) is 6.92 Å². The number of carbonyl (C=O) groups is 1. The van der Waals surface area contributed by atoms with Crippen LogP contribution in [0.2, 0.25) is 0 Å². The molecular formula is C11H15N3O5. The summed E-state index contributed by atoms with van der Waals surface area (Å²) in [6, 6.07) is 0.929. The van der Waals surface area contributed by atoms with Gasteiger partial charge in [0.15, 0.2) is 0 Å². The number of anilines is 1. The summed E-state index contributed by atoms with van der Waals surface area (Å²) in [5.41, 5.74) is -1.73. The molecule has 1 rings (SSSR count). The molecule has 0 aromatic carbocycles. The first kappa shape index (κ1) is 14.8. The number of pyridine rings is 1. The largest absolute Gasteiger partial charge is 0.478 e. The van der Waals surface area contributed by atoms with Gasteiger partial charge in [-0.05, 0) is 13.3 Å². The lowest BCUT2D eigenvalue weighted by molar-refractivity contribution is -0.384. The monoisotopic (exact) mass is 269 g/mol. The summed E-state index contributed by atoms with van der Waals surface area (Å²) in [4.78, 5) is 24.6. The Morgan fingerprint density at radius 1 is 1.63 bits per heavy atom. The highest BCUT2D eigenvalue weighted by Gasteiger charge is 2.22. The van der Waals surface area contributed by atoms with Crippen molar-refractivity contribution in [1.82, 2.24) is 4.98 Å². The number of nitro groups is 1. The highest BCUT2D eigenvalue weighted by molar-refractivity contribution is 5.88. The average molecular weight is 269 g/mol. The molecule has 0 saturated carbocycles. The van der Waals surface area contributed by atoms with E-state index in [-0.39, 0.29) is 17.9 Å². The van der Waals surface area contributed by atoms with Crippen LogP contribution in [0.4, 0.5) is 11.5 Å². The molecule has 19 heavy (non-hydrogen) atoms. The predicted molar refractivity (Wildman–Crippen MR) is 67.3 cm³/mol. The van der Waals surface area contributed by atoms with Crippen molar-refractivity contribution >= 4 is 17.5 Å². The summed E-state index contributed by atoms with van der Waals surface area (Å²) in [7, 11) is 0. The molecule has 0 radical (unpaired) electrons. The van der Waals surface area contributed by atoms with Crippen molar-refractivity contribution < 1.29 is 19.9 Å². The van der Waals surface area contributed by atoms with E-state index < -0.39 is 22.2 Å². The topological polar surface area (TPSA) is 126 Å². The predicted octanol–water partition coefficient (Wildman–Crippen LogP) is 1.26. The number of rotatable bonds is 6. The SMILES string of the molecule is CCC(C)(O)CNc1ncc(C(=O)O)cc1[N+](=O)[O-]. The highest BCUT2D eigenvalue weighted by atomic mass is 16.6. The van der Waals surface area contributed by atoms with E-state index in [1.54, 1.807) is 13.8 Å². The van der Waals surface area contributed by atoms with Gasteiger partial charge in [0, 0.05) is 18.8 Å². The molecule has 3 N–H and O–H groups in total. The van der Waals surface area contributed by atoms with Crippen LogP contribution in [0.5, 0.6) is 0 Å². The van der Waals surface area contributed by atoms with Gasteiger partial charge in [0.05, 0.1) is 16.1 Å². The van der Waals surface area contributed by atoms with Gasteiger partial charge in [0.25, 0.3) is 0 Å². The Labute approximate surface area is 109 Å². The summed E-state index contributed by atoms with van der Waals surface area (Å²) in [6.07, 6.45) is 1.49. The van der Waals surface area contributed by atoms with Crippen LogP contribution < -0.4 is 5.32 Å². The number of hydrogen-bond donors (Lipinski definition) is 3. The third kappa shape index (κ3) is 3.88. The Bertz CT molecular complexity index is 501. The van der Waals surface area contributed by atoms with Crippen LogP contribution >= 0.6 is 0 Å². The molecule has 8 nitrogen and oxygen atoms in total. The second-order valence-electron chi connectivity index (χ2n) is 4.36. The van der Waals surface area contributed by atoms with E-state index in [0.29, 0.717) is 6.42 Å². The number of nitrogens with one attached hydrogen (secondary N) is 1. The lowest BCUT2D eigenvalue weighted by Gasteiger charge is -2.21. The summed E-state index contributed by atoms with van der Waals surface area (Å²) in [5, 5.41) is 32.1. The number of nitrogens with zero attached hydrogens (tertiary/aromatic N) is 2. The molecule has 0 aliphatic carbocycles. The average Bonchev–Trinajstić information content (AvgIpc) is 2.36. The summed E-state index contributed by atoms with van der Waals surface area (Å²) >= 11 is 0. The van der Waals surface area contributed by atoms with Crippen LogP contribution in [-0.4, -0.2) is 38.2 Å². The van der Waals surface area contributed by atoms with Crippen molar-refractivity contribution in [3.8, 4) is 0 Å². The molecule has 1 atom stereocenters. The first-order valence-electron chi connectivity index (χ1n) is 5.61. The van der Waals surface area contributed by atoms with Gasteiger partial charge in [-0.15, -0.1) is 0 Å². The third-order valence-corrected chi connectivity index (χ3v) is 2.71. The first-order valence-corrected chi connectivity index (χ1v) is 5.61. The number of aromatic carboxylic acids is 1. The lowest BCUT2D eigenvalue weighted by atomic mass is 10.0. The zero-order valence-corrected chi connectivity index (χ0v) is 10.6. The van der Waals surface area contributed by atoms with Gasteiger partial charge in [0.2, 0.25) is 5.82 Å². The van der Waals surface area contributed by atoms with Gasteiger partial charge in [-0.3, -0.25) is 10.1 Å². The smallest absolute Gasteiger partial charge is 0.337 e. The molecule has 0 aliphatic rings. The van der Waals surface area contributed by atoms with Crippen LogP contribution in [0.1, 0.15) is 30.6 Å². The third-order valence-electron chi connectivity index (χ3n) is 2.71. The van der Waals surface area contributed by atoms with Crippen LogP contribution in [0.25, 0.3) is 0 Å². The Morgan fingerprint density at radius 2 is 2.26 bits per heavy atom. The standard InChI is InChI=1S/C11H15N3O5/c1-3-11(2,17)6-13-9-8(14(18)19)4-7(5-12-9)10(15)16/h4-5,17H,3,6H2,1-2H3,(H,12,13)(H,15,16). The van der Waals surface area contributed by atoms with Crippen molar-refractivity contribution in [2.75, 3.05) is 11.9 Å². The van der Waals surface area contributed by atoms with Crippen molar-refractivity contribution in [3.05, 3.63) is 27.9 Å². The van der Waals surface area contributed by atoms with Gasteiger partial charge in [-0.2, -0.15) is 0 Å². The maximum atomic E-state index is 10.9. The fourth-order valence-electron chi connectivity index (χ4n) is 1.24. The quantitative estimate of drug-likeness (QED) is 0.524. The normalized spacial score (nSPS) is 13.6. The first-order chi connectivity index (χ1) is 8.76. The van der Waals surface area contributed by atoms with Crippen molar-refractivity contribution in [2.45, 2.75) is 25.9 Å². The fraction of sp³-hybridized carbons (Fsp3) is 0.455. The molecule has 8 heteroatoms. The van der Waals surface area contributed by atoms with Gasteiger partial charge in [-0.25, -0.2) is 9.78 Å². The maximum absolute atomic E-state index is 10.9. The molecule has 1 unspecified atom stereocenters. The van der Waals surface area contributed by atoms with Crippen LogP contribution in [-0.2, 0) is 0 Å². The zero-order chi connectivity index (χ0) is 14.6. The van der Waals surface area contributed by atoms with Gasteiger partial charge >= 0.3 is 11.7 Å². The fourth-order valence-corrected chi connectivity index (χ4v) is 1.24. The van der Waals surface area contributed by atoms with E-state index in [0.717, 1.165) is 12.3 Å². The van der Waals surface area contributed by atoms with Crippen molar-refractivity contribution in [2.24, 2.45) is 0 Å². The molecule has 0 amide bonds. The number of aliphatic hydroxyl groups is 1. The molecule has 0 saturated heterocycles. The number of hydrogen-bond acceptors (Lipinski definition) is 6. The molecule has 1 aromatic heterocycles. The molecule has 0 spiro atoms. The second-order valence-corrected chi connectivity index (χ2v) is 4.36. The summed E-state index contributed by atoms with van der Waals surface area (Å²) < 4.78 is 0. The van der Waals surface area contributed by atoms with Gasteiger partial charge < -0.3 is 15.5 Å². The molecule has 1 aromatic rings. The maximum Gasteiger partial charge on any atom is 0.337 e. The Kier molecular flexibility index (Phi) is 4.38. The van der Waals surface area contributed by atoms with E-state index in [9.17, 15) is 20.0 Å². The number of carboxylic acids is 1. The molecule has 0 fully saturated rings. The van der Waals surface area contributed by atoms with Crippen molar-refractivity contribution in [3.63, 3.8) is 0 Å². The van der Waals surface area contributed by atoms with E-state index in [1.807, 2.05) is 0 Å². The number of aromatic nitrogens is 1. The second kappa shape index (κ2) is 5.61. The molecule has 0 aliphatic heterocycles. The molecule has 0 bridgehead atoms. The lowest BCUT2D eigenvalue weighted by Crippen LogP contribution is -2.32. The van der Waals surface area contributed by atoms with Crippen molar-refractivity contribution in [1.29, 1.82) is 0 Å². The minimum Gasteiger partial charge on any atom is -0.478 e. The Morgan fingerprint density at radius 3 is 2.74 bits per heavy atom. The highest BCUT2D eigenvalue weighted by Crippen LogP contribution is 2.23. The summed E-state index contributed by atoms with van der Waals surface area (Å²) in [6.45, 7) is 3.43. The molecule has 1 heterocycles. The minimum atomic E-state index is -1.29. The Hall–Kier alpha value is -2.22. The van der Waals surface area contributed by atoms with Crippen LogP contribution in [0.3, 0.4) is 0 Å². The zero-order valence-electron chi connectivity index (χ0n) is 10.6. The van der Waals surface area contributed by atoms with Crippen LogP contribution in [0, 0.1) is 10.1 Å².